The van der Waals surface area contributed by atoms with E-state index in [0.29, 0.717) is 40.0 Å². The van der Waals surface area contributed by atoms with Gasteiger partial charge in [-0.05, 0) is 62.4 Å². The summed E-state index contributed by atoms with van der Waals surface area (Å²) in [7, 11) is 0. The van der Waals surface area contributed by atoms with Crippen LogP contribution < -0.4 is 5.32 Å². The van der Waals surface area contributed by atoms with E-state index in [0.717, 1.165) is 0 Å². The molecule has 1 amide bonds. The number of rotatable bonds is 4. The van der Waals surface area contributed by atoms with Gasteiger partial charge in [0.05, 0.1) is 23.3 Å². The highest BCUT2D eigenvalue weighted by Gasteiger charge is 2.14. The van der Waals surface area contributed by atoms with Crippen molar-refractivity contribution in [2.24, 2.45) is 0 Å². The highest BCUT2D eigenvalue weighted by atomic mass is 19.1. The van der Waals surface area contributed by atoms with E-state index in [4.69, 9.17) is 4.74 Å². The fourth-order valence-corrected chi connectivity index (χ4v) is 2.62. The average Bonchev–Trinajstić information content (AvgIpc) is 2.62. The number of esters is 1. The summed E-state index contributed by atoms with van der Waals surface area (Å²) in [5, 5.41) is 3.19. The normalized spacial score (nSPS) is 10.6. The third-order valence-corrected chi connectivity index (χ3v) is 3.80. The van der Waals surface area contributed by atoms with Crippen LogP contribution in [0.3, 0.4) is 0 Å². The molecular weight excluding hydrogens is 335 g/mol. The topological polar surface area (TPSA) is 68.3 Å². The molecule has 0 atom stereocenters. The molecule has 0 saturated heterocycles. The van der Waals surface area contributed by atoms with Gasteiger partial charge >= 0.3 is 5.97 Å². The van der Waals surface area contributed by atoms with Crippen LogP contribution in [0.25, 0.3) is 10.9 Å². The Morgan fingerprint density at radius 1 is 1.12 bits per heavy atom. The number of fused-ring (bicyclic) bond motifs is 1. The first-order valence-corrected chi connectivity index (χ1v) is 8.13. The summed E-state index contributed by atoms with van der Waals surface area (Å²) in [6.45, 7) is 3.80. The molecule has 0 aliphatic carbocycles. The minimum atomic E-state index is -0.434. The molecule has 0 fully saturated rings. The van der Waals surface area contributed by atoms with Gasteiger partial charge in [-0.25, -0.2) is 9.18 Å². The molecule has 132 valence electrons. The minimum Gasteiger partial charge on any atom is -0.462 e. The maximum Gasteiger partial charge on any atom is 0.338 e. The highest BCUT2D eigenvalue weighted by molar-refractivity contribution is 6.12. The largest absolute Gasteiger partial charge is 0.462 e. The van der Waals surface area contributed by atoms with Crippen molar-refractivity contribution in [2.75, 3.05) is 11.9 Å². The Morgan fingerprint density at radius 2 is 1.85 bits per heavy atom. The van der Waals surface area contributed by atoms with Crippen LogP contribution in [-0.4, -0.2) is 23.5 Å². The van der Waals surface area contributed by atoms with E-state index in [1.807, 2.05) is 0 Å². The van der Waals surface area contributed by atoms with Crippen LogP contribution in [0, 0.1) is 12.7 Å². The van der Waals surface area contributed by atoms with Crippen molar-refractivity contribution < 1.29 is 18.7 Å². The molecule has 5 nitrogen and oxygen atoms in total. The Kier molecular flexibility index (Phi) is 4.93. The molecule has 0 radical (unpaired) electrons. The second kappa shape index (κ2) is 7.31. The van der Waals surface area contributed by atoms with E-state index in [-0.39, 0.29) is 5.91 Å². The number of hydrogen-bond acceptors (Lipinski definition) is 4. The predicted molar refractivity (Wildman–Crippen MR) is 96.8 cm³/mol. The number of aryl methyl sites for hydroxylation is 1. The SMILES string of the molecule is CCOC(=O)c1ccc(NC(=O)c2cc(C)nc3ccc(F)cc23)cc1. The lowest BCUT2D eigenvalue weighted by Gasteiger charge is -2.10. The van der Waals surface area contributed by atoms with Crippen LogP contribution in [0.4, 0.5) is 10.1 Å². The van der Waals surface area contributed by atoms with Gasteiger partial charge in [-0.3, -0.25) is 9.78 Å². The lowest BCUT2D eigenvalue weighted by molar-refractivity contribution is 0.0526. The van der Waals surface area contributed by atoms with Crippen LogP contribution >= 0.6 is 0 Å². The Balaban J connectivity index is 1.87. The summed E-state index contributed by atoms with van der Waals surface area (Å²) in [6, 6.07) is 12.1. The molecule has 3 rings (SSSR count). The molecule has 3 aromatic rings. The second-order valence-electron chi connectivity index (χ2n) is 5.72. The molecule has 0 aliphatic rings. The number of nitrogens with zero attached hydrogens (tertiary/aromatic N) is 1. The van der Waals surface area contributed by atoms with Crippen LogP contribution in [0.2, 0.25) is 0 Å². The van der Waals surface area contributed by atoms with Gasteiger partial charge < -0.3 is 10.1 Å². The molecule has 1 heterocycles. The zero-order chi connectivity index (χ0) is 18.7. The number of hydrogen-bond donors (Lipinski definition) is 1. The van der Waals surface area contributed by atoms with E-state index < -0.39 is 11.8 Å². The van der Waals surface area contributed by atoms with Crippen molar-refractivity contribution in [1.29, 1.82) is 0 Å². The molecule has 6 heteroatoms. The number of carbonyl (C=O) groups excluding carboxylic acids is 2. The molecule has 0 aliphatic heterocycles. The Hall–Kier alpha value is -3.28. The number of anilines is 1. The van der Waals surface area contributed by atoms with E-state index >= 15 is 0 Å². The predicted octanol–water partition coefficient (Wildman–Crippen LogP) is 4.11. The van der Waals surface area contributed by atoms with Gasteiger partial charge in [-0.1, -0.05) is 0 Å². The summed E-state index contributed by atoms with van der Waals surface area (Å²) < 4.78 is 18.5. The van der Waals surface area contributed by atoms with Crippen LogP contribution in [-0.2, 0) is 4.74 Å². The monoisotopic (exact) mass is 352 g/mol. The maximum atomic E-state index is 13.6. The van der Waals surface area contributed by atoms with Gasteiger partial charge in [0.25, 0.3) is 5.91 Å². The molecule has 1 N–H and O–H groups in total. The second-order valence-corrected chi connectivity index (χ2v) is 5.72. The number of carbonyl (C=O) groups is 2. The third-order valence-electron chi connectivity index (χ3n) is 3.80. The van der Waals surface area contributed by atoms with Gasteiger partial charge in [0.2, 0.25) is 0 Å². The molecule has 0 unspecified atom stereocenters. The number of aromatic nitrogens is 1. The summed E-state index contributed by atoms with van der Waals surface area (Å²) in [6.07, 6.45) is 0. The van der Waals surface area contributed by atoms with Crippen LogP contribution in [0.1, 0.15) is 33.3 Å². The molecule has 0 spiro atoms. The van der Waals surface area contributed by atoms with Gasteiger partial charge in [0.15, 0.2) is 0 Å². The lowest BCUT2D eigenvalue weighted by Crippen LogP contribution is -2.13. The average molecular weight is 352 g/mol. The number of benzene rings is 2. The number of pyridine rings is 1. The number of halogens is 1. The van der Waals surface area contributed by atoms with Crippen LogP contribution in [0.5, 0.6) is 0 Å². The smallest absolute Gasteiger partial charge is 0.338 e. The van der Waals surface area contributed by atoms with E-state index in [2.05, 4.69) is 10.3 Å². The number of nitrogens with one attached hydrogen (secondary N) is 1. The molecular formula is C20H17FN2O3. The fraction of sp³-hybridized carbons (Fsp3) is 0.150. The molecule has 0 bridgehead atoms. The zero-order valence-electron chi connectivity index (χ0n) is 14.4. The summed E-state index contributed by atoms with van der Waals surface area (Å²) in [5.41, 5.74) is 2.46. The maximum absolute atomic E-state index is 13.6. The van der Waals surface area contributed by atoms with Crippen molar-refractivity contribution in [2.45, 2.75) is 13.8 Å². The Bertz CT molecular complexity index is 984. The minimum absolute atomic E-state index is 0.294. The van der Waals surface area contributed by atoms with Gasteiger partial charge in [-0.15, -0.1) is 0 Å². The Morgan fingerprint density at radius 3 is 2.54 bits per heavy atom. The molecule has 0 saturated carbocycles. The molecule has 1 aromatic heterocycles. The van der Waals surface area contributed by atoms with Crippen molar-refractivity contribution in [3.05, 3.63) is 71.2 Å². The summed E-state index contributed by atoms with van der Waals surface area (Å²) >= 11 is 0. The standard InChI is InChI=1S/C20H17FN2O3/c1-3-26-20(25)13-4-7-15(8-5-13)23-19(24)17-10-12(2)22-18-9-6-14(21)11-16(17)18/h4-11H,3H2,1-2H3,(H,23,24). The highest BCUT2D eigenvalue weighted by Crippen LogP contribution is 2.21. The molecule has 2 aromatic carbocycles. The zero-order valence-corrected chi connectivity index (χ0v) is 14.4. The summed E-state index contributed by atoms with van der Waals surface area (Å²) in [5.74, 6) is -1.23. The van der Waals surface area contributed by atoms with Gasteiger partial charge in [-0.2, -0.15) is 0 Å². The lowest BCUT2D eigenvalue weighted by atomic mass is 10.1. The first kappa shape index (κ1) is 17.5. The number of amides is 1. The van der Waals surface area contributed by atoms with Crippen molar-refractivity contribution in [3.8, 4) is 0 Å². The first-order valence-electron chi connectivity index (χ1n) is 8.13. The third kappa shape index (κ3) is 3.69. The van der Waals surface area contributed by atoms with Crippen molar-refractivity contribution in [1.82, 2.24) is 4.98 Å². The molecule has 26 heavy (non-hydrogen) atoms. The number of ether oxygens (including phenoxy) is 1. The van der Waals surface area contributed by atoms with E-state index in [1.54, 1.807) is 50.2 Å². The van der Waals surface area contributed by atoms with Crippen LogP contribution in [0.15, 0.2) is 48.5 Å². The van der Waals surface area contributed by atoms with E-state index in [1.165, 1.54) is 12.1 Å². The first-order chi connectivity index (χ1) is 12.5. The summed E-state index contributed by atoms with van der Waals surface area (Å²) in [4.78, 5) is 28.6. The van der Waals surface area contributed by atoms with Gasteiger partial charge in [0, 0.05) is 16.8 Å². The van der Waals surface area contributed by atoms with Crippen molar-refractivity contribution in [3.63, 3.8) is 0 Å². The van der Waals surface area contributed by atoms with Crippen molar-refractivity contribution >= 4 is 28.5 Å². The van der Waals surface area contributed by atoms with E-state index in [9.17, 15) is 14.0 Å². The Labute approximate surface area is 149 Å². The van der Waals surface area contributed by atoms with Gasteiger partial charge in [0.1, 0.15) is 5.82 Å². The fourth-order valence-electron chi connectivity index (χ4n) is 2.62. The quantitative estimate of drug-likeness (QED) is 0.718.